The van der Waals surface area contributed by atoms with Crippen molar-refractivity contribution >= 4 is 30.2 Å². The number of aliphatic carboxylic acids is 2. The van der Waals surface area contributed by atoms with Crippen molar-refractivity contribution in [3.05, 3.63) is 109 Å². The molecule has 2 unspecified atom stereocenters. The number of H-pyrrole nitrogens is 2. The normalized spacial score (nSPS) is 19.2. The van der Waals surface area contributed by atoms with E-state index in [4.69, 9.17) is 0 Å². The van der Waals surface area contributed by atoms with E-state index in [1.54, 1.807) is 0 Å². The first-order valence-electron chi connectivity index (χ1n) is 14.3. The molecule has 0 amide bonds. The number of carboxylic acids is 2. The number of hydrogen-bond acceptors (Lipinski definition) is 5. The third kappa shape index (κ3) is 5.50. The zero-order valence-corrected chi connectivity index (χ0v) is 24.9. The Balaban J connectivity index is 1.83. The number of aliphatic hydroxyl groups excluding tert-OH is 1. The number of carbonyl (C=O) groups is 2. The van der Waals surface area contributed by atoms with E-state index in [2.05, 4.69) is 33.8 Å². The molecular weight excluding hydrogens is 544 g/mol. The summed E-state index contributed by atoms with van der Waals surface area (Å²) in [5.41, 5.74) is 10.6. The minimum absolute atomic E-state index is 0.0213. The molecule has 3 aliphatic heterocycles. The Kier molecular flexibility index (Phi) is 7.84. The first-order valence-corrected chi connectivity index (χ1v) is 14.3. The molecule has 9 nitrogen and oxygen atoms in total. The van der Waals surface area contributed by atoms with Crippen LogP contribution < -0.4 is 21.3 Å². The van der Waals surface area contributed by atoms with Crippen molar-refractivity contribution in [2.45, 2.75) is 53.4 Å². The number of fused-ring (bicyclic) bond motifs is 8. The van der Waals surface area contributed by atoms with Crippen LogP contribution in [-0.4, -0.2) is 37.2 Å². The number of allylic oxidation sites excluding steroid dienone is 3. The Bertz CT molecular complexity index is 1830. The lowest BCUT2D eigenvalue weighted by Gasteiger charge is -2.13. The summed E-state index contributed by atoms with van der Waals surface area (Å²) in [4.78, 5) is 30.1. The molecule has 0 fully saturated rings. The minimum Gasteiger partial charge on any atom is -0.512 e. The molecule has 43 heavy (non-hydrogen) atoms. The topological polar surface area (TPSA) is 150 Å². The quantitative estimate of drug-likeness (QED) is 0.183. The van der Waals surface area contributed by atoms with Gasteiger partial charge in [-0.1, -0.05) is 12.7 Å². The van der Waals surface area contributed by atoms with Gasteiger partial charge in [0, 0.05) is 63.6 Å². The lowest BCUT2D eigenvalue weighted by Crippen LogP contribution is -2.16. The third-order valence-corrected chi connectivity index (χ3v) is 8.78. The number of carboxylic acid groups (broad SMARTS) is 2. The highest BCUT2D eigenvalue weighted by Crippen LogP contribution is 2.37. The molecule has 8 bridgehead atoms. The molecule has 0 saturated carbocycles. The van der Waals surface area contributed by atoms with Crippen LogP contribution in [0, 0.1) is 25.7 Å². The van der Waals surface area contributed by atoms with Crippen LogP contribution in [0.25, 0.3) is 18.2 Å². The zero-order chi connectivity index (χ0) is 31.2. The summed E-state index contributed by atoms with van der Waals surface area (Å²) >= 11 is 0. The van der Waals surface area contributed by atoms with Gasteiger partial charge in [-0.15, -0.1) is 6.58 Å². The van der Waals surface area contributed by atoms with Crippen LogP contribution in [-0.2, 0) is 22.4 Å². The van der Waals surface area contributed by atoms with Crippen LogP contribution in [0.4, 0.5) is 0 Å². The maximum atomic E-state index is 11.5. The first-order chi connectivity index (χ1) is 20.4. The summed E-state index contributed by atoms with van der Waals surface area (Å²) in [5.74, 6) is -2.23. The van der Waals surface area contributed by atoms with E-state index >= 15 is 0 Å². The number of aromatic amines is 2. The fourth-order valence-corrected chi connectivity index (χ4v) is 6.33. The largest absolute Gasteiger partial charge is 0.512 e. The second kappa shape index (κ2) is 11.4. The van der Waals surface area contributed by atoms with E-state index in [0.29, 0.717) is 12.8 Å². The highest BCUT2D eigenvalue weighted by atomic mass is 16.4. The Morgan fingerprint density at radius 1 is 0.767 bits per heavy atom. The minimum atomic E-state index is -0.888. The molecule has 3 aliphatic rings. The maximum Gasteiger partial charge on any atom is 0.303 e. The van der Waals surface area contributed by atoms with Crippen LogP contribution in [0.15, 0.2) is 65.0 Å². The van der Waals surface area contributed by atoms with Gasteiger partial charge in [-0.25, -0.2) is 0 Å². The molecule has 0 aliphatic carbocycles. The predicted molar refractivity (Wildman–Crippen MR) is 167 cm³/mol. The molecule has 0 radical (unpaired) electrons. The summed E-state index contributed by atoms with van der Waals surface area (Å²) in [6.07, 6.45) is 10.5. The van der Waals surface area contributed by atoms with Gasteiger partial charge in [0.2, 0.25) is 0 Å². The molecule has 0 saturated heterocycles. The zero-order valence-electron chi connectivity index (χ0n) is 24.9. The molecule has 5 heterocycles. The predicted octanol–water partition coefficient (Wildman–Crippen LogP) is 4.09. The molecule has 7 N–H and O–H groups in total. The summed E-state index contributed by atoms with van der Waals surface area (Å²) in [7, 11) is 0. The van der Waals surface area contributed by atoms with Crippen molar-refractivity contribution in [3.8, 4) is 0 Å². The smallest absolute Gasteiger partial charge is 0.303 e. The summed E-state index contributed by atoms with van der Waals surface area (Å²) < 4.78 is 0. The summed E-state index contributed by atoms with van der Waals surface area (Å²) in [6, 6.07) is 0. The van der Waals surface area contributed by atoms with Gasteiger partial charge in [-0.3, -0.25) is 9.59 Å². The molecular formula is C34H38N4O5. The van der Waals surface area contributed by atoms with Crippen LogP contribution in [0.3, 0.4) is 0 Å². The third-order valence-electron chi connectivity index (χ3n) is 8.78. The van der Waals surface area contributed by atoms with Crippen molar-refractivity contribution in [1.82, 2.24) is 20.6 Å². The van der Waals surface area contributed by atoms with E-state index in [0.717, 1.165) is 78.3 Å². The maximum absolute atomic E-state index is 11.5. The SMILES string of the molecule is C=CC1C2=Cc3[nH]c(c(CCC(=O)O)c3C)C=c3[nH]c(c(C)c3CCC(=O)O)=CC3=C(C)C(C(=C)O)C(=CC(=C1C)N2)N3. The molecule has 2 aromatic rings. The average Bonchev–Trinajstić information content (AvgIpc) is 3.59. The van der Waals surface area contributed by atoms with Gasteiger partial charge >= 0.3 is 11.9 Å². The molecule has 224 valence electrons. The van der Waals surface area contributed by atoms with Crippen LogP contribution in [0.1, 0.15) is 60.3 Å². The highest BCUT2D eigenvalue weighted by molar-refractivity contribution is 5.70. The Morgan fingerprint density at radius 2 is 1.40 bits per heavy atom. The molecule has 2 atom stereocenters. The average molecular weight is 583 g/mol. The van der Waals surface area contributed by atoms with Crippen molar-refractivity contribution in [2.24, 2.45) is 11.8 Å². The Hall–Kier alpha value is -4.92. The number of aromatic nitrogens is 2. The molecule has 0 aromatic carbocycles. The van der Waals surface area contributed by atoms with Crippen molar-refractivity contribution in [1.29, 1.82) is 0 Å². The van der Waals surface area contributed by atoms with Gasteiger partial charge in [-0.2, -0.15) is 0 Å². The van der Waals surface area contributed by atoms with Gasteiger partial charge in [-0.05, 0) is 98.2 Å². The van der Waals surface area contributed by atoms with Gasteiger partial charge in [0.25, 0.3) is 0 Å². The monoisotopic (exact) mass is 582 g/mol. The first kappa shape index (κ1) is 29.6. The van der Waals surface area contributed by atoms with Crippen molar-refractivity contribution in [3.63, 3.8) is 0 Å². The van der Waals surface area contributed by atoms with Gasteiger partial charge < -0.3 is 35.9 Å². The molecule has 5 rings (SSSR count). The van der Waals surface area contributed by atoms with Crippen LogP contribution >= 0.6 is 0 Å². The van der Waals surface area contributed by atoms with Gasteiger partial charge in [0.05, 0.1) is 11.7 Å². The standard InChI is InChI=1S/C34H38N4O5/c1-7-21-16(2)26-14-31-34(20(6)39)19(5)27(38-31)12-24-17(3)22(8-10-32(40)41)29(36-24)15-30-23(9-11-33(42)43)18(4)25(37-30)13-28(21)35-26/h7,12-15,21,34-39H,1,6,8-11H2,2-5H3,(H,40,41)(H,42,43). The fourth-order valence-electron chi connectivity index (χ4n) is 6.33. The van der Waals surface area contributed by atoms with Crippen LogP contribution in [0.2, 0.25) is 0 Å². The molecule has 0 spiro atoms. The van der Waals surface area contributed by atoms with Gasteiger partial charge in [0.15, 0.2) is 0 Å². The molecule has 2 aromatic heterocycles. The van der Waals surface area contributed by atoms with E-state index in [1.807, 2.05) is 58.1 Å². The summed E-state index contributed by atoms with van der Waals surface area (Å²) in [5, 5.41) is 38.2. The lowest BCUT2D eigenvalue weighted by atomic mass is 9.95. The van der Waals surface area contributed by atoms with Crippen LogP contribution in [0.5, 0.6) is 0 Å². The fraction of sp³-hybridized carbons (Fsp3) is 0.294. The summed E-state index contributed by atoms with van der Waals surface area (Å²) in [6.45, 7) is 15.9. The second-order valence-corrected chi connectivity index (χ2v) is 11.5. The van der Waals surface area contributed by atoms with E-state index in [-0.39, 0.29) is 24.5 Å². The Morgan fingerprint density at radius 3 is 2.02 bits per heavy atom. The van der Waals surface area contributed by atoms with E-state index < -0.39 is 17.9 Å². The number of aliphatic hydroxyl groups is 1. The van der Waals surface area contributed by atoms with Gasteiger partial charge in [0.1, 0.15) is 0 Å². The van der Waals surface area contributed by atoms with E-state index in [1.165, 1.54) is 0 Å². The highest BCUT2D eigenvalue weighted by Gasteiger charge is 2.31. The number of rotatable bonds is 8. The number of nitrogens with one attached hydrogen (secondary N) is 4. The Labute approximate surface area is 250 Å². The lowest BCUT2D eigenvalue weighted by molar-refractivity contribution is -0.138. The molecule has 9 heteroatoms. The number of hydrogen-bond donors (Lipinski definition) is 7. The van der Waals surface area contributed by atoms with E-state index in [9.17, 15) is 24.9 Å². The van der Waals surface area contributed by atoms with Crippen molar-refractivity contribution < 1.29 is 24.9 Å². The second-order valence-electron chi connectivity index (χ2n) is 11.5. The van der Waals surface area contributed by atoms with Crippen molar-refractivity contribution in [2.75, 3.05) is 0 Å².